The van der Waals surface area contributed by atoms with Gasteiger partial charge < -0.3 is 15.0 Å². The molecule has 2 aliphatic rings. The summed E-state index contributed by atoms with van der Waals surface area (Å²) in [4.78, 5) is 15.4. The number of methoxy groups -OCH3 is 1. The Kier molecular flexibility index (Phi) is 5.43. The maximum Gasteiger partial charge on any atom is 0.251 e. The summed E-state index contributed by atoms with van der Waals surface area (Å²) in [5.41, 5.74) is 1.41. The van der Waals surface area contributed by atoms with Gasteiger partial charge in [0.25, 0.3) is 5.91 Å². The molecule has 27 heavy (non-hydrogen) atoms. The Labute approximate surface area is 160 Å². The zero-order valence-corrected chi connectivity index (χ0v) is 15.9. The van der Waals surface area contributed by atoms with Gasteiger partial charge in [-0.15, -0.1) is 0 Å². The lowest BCUT2D eigenvalue weighted by Crippen LogP contribution is -2.51. The second-order valence-corrected chi connectivity index (χ2v) is 7.55. The lowest BCUT2D eigenvalue weighted by Gasteiger charge is -2.44. The topological polar surface area (TPSA) is 59.4 Å². The van der Waals surface area contributed by atoms with E-state index in [2.05, 4.69) is 15.3 Å². The number of nitrogens with zero attached hydrogens (tertiary/aromatic N) is 3. The zero-order chi connectivity index (χ0) is 18.6. The molecule has 2 aliphatic heterocycles. The normalized spacial score (nSPS) is 22.9. The first-order chi connectivity index (χ1) is 13.3. The molecule has 1 aromatic carbocycles. The predicted molar refractivity (Wildman–Crippen MR) is 104 cm³/mol. The highest BCUT2D eigenvalue weighted by molar-refractivity contribution is 5.95. The number of carbonyl (C=O) groups is 1. The molecule has 6 nitrogen and oxygen atoms in total. The monoisotopic (exact) mass is 368 g/mol. The highest BCUT2D eigenvalue weighted by atomic mass is 16.5. The fourth-order valence-corrected chi connectivity index (χ4v) is 4.56. The summed E-state index contributed by atoms with van der Waals surface area (Å²) in [6, 6.07) is 7.98. The molecule has 0 unspecified atom stereocenters. The van der Waals surface area contributed by atoms with E-state index < -0.39 is 0 Å². The van der Waals surface area contributed by atoms with Crippen molar-refractivity contribution in [2.24, 2.45) is 5.92 Å². The minimum absolute atomic E-state index is 0.0287. The lowest BCUT2D eigenvalue weighted by atomic mass is 9.83. The number of carbonyl (C=O) groups excluding carboxylic acids is 1. The van der Waals surface area contributed by atoms with Crippen LogP contribution in [0.15, 0.2) is 36.7 Å². The van der Waals surface area contributed by atoms with E-state index in [1.165, 1.54) is 45.2 Å². The lowest BCUT2D eigenvalue weighted by molar-refractivity contribution is 0.0575. The molecule has 3 heterocycles. The number of hydrogen-bond donors (Lipinski definition) is 1. The van der Waals surface area contributed by atoms with Crippen molar-refractivity contribution in [3.05, 3.63) is 42.2 Å². The van der Waals surface area contributed by atoms with E-state index in [1.54, 1.807) is 18.0 Å². The summed E-state index contributed by atoms with van der Waals surface area (Å²) in [6.07, 6.45) is 9.91. The van der Waals surface area contributed by atoms with Gasteiger partial charge >= 0.3 is 0 Å². The van der Waals surface area contributed by atoms with E-state index in [4.69, 9.17) is 4.74 Å². The summed E-state index contributed by atoms with van der Waals surface area (Å²) in [5.74, 6) is 1.23. The van der Waals surface area contributed by atoms with E-state index >= 15 is 0 Å². The van der Waals surface area contributed by atoms with Crippen LogP contribution in [0.5, 0.6) is 5.75 Å². The van der Waals surface area contributed by atoms with Crippen LogP contribution >= 0.6 is 0 Å². The number of benzene rings is 1. The third-order valence-electron chi connectivity index (χ3n) is 5.95. The van der Waals surface area contributed by atoms with Crippen molar-refractivity contribution < 1.29 is 9.53 Å². The maximum absolute atomic E-state index is 12.8. The molecular formula is C21H28N4O2. The molecule has 144 valence electrons. The average Bonchev–Trinajstić information content (AvgIpc) is 3.26. The molecule has 1 aromatic heterocycles. The molecule has 1 N–H and O–H groups in total. The smallest absolute Gasteiger partial charge is 0.251 e. The van der Waals surface area contributed by atoms with Crippen molar-refractivity contribution in [1.82, 2.24) is 20.0 Å². The number of amides is 1. The van der Waals surface area contributed by atoms with Crippen LogP contribution in [0, 0.1) is 5.92 Å². The molecule has 2 saturated heterocycles. The Bertz CT molecular complexity index is 772. The summed E-state index contributed by atoms with van der Waals surface area (Å²) in [6.45, 7) is 3.20. The van der Waals surface area contributed by atoms with Gasteiger partial charge in [-0.3, -0.25) is 4.79 Å². The molecule has 2 atom stereocenters. The van der Waals surface area contributed by atoms with Gasteiger partial charge in [-0.1, -0.05) is 6.42 Å². The number of ether oxygens (including phenoxy) is 1. The minimum atomic E-state index is -0.0287. The first-order valence-corrected chi connectivity index (χ1v) is 9.96. The number of piperidine rings is 2. The van der Waals surface area contributed by atoms with E-state index in [-0.39, 0.29) is 5.91 Å². The Morgan fingerprint density at radius 3 is 2.96 bits per heavy atom. The Balaban J connectivity index is 1.44. The van der Waals surface area contributed by atoms with E-state index in [0.29, 0.717) is 23.3 Å². The quantitative estimate of drug-likeness (QED) is 0.882. The molecule has 0 spiro atoms. The third kappa shape index (κ3) is 3.86. The number of nitrogens with one attached hydrogen (secondary N) is 1. The summed E-state index contributed by atoms with van der Waals surface area (Å²) in [5, 5.41) is 7.44. The van der Waals surface area contributed by atoms with Crippen molar-refractivity contribution in [1.29, 1.82) is 0 Å². The molecule has 0 radical (unpaired) electrons. The first kappa shape index (κ1) is 18.0. The van der Waals surface area contributed by atoms with E-state index in [1.807, 2.05) is 30.5 Å². The van der Waals surface area contributed by atoms with Crippen LogP contribution in [0.1, 0.15) is 42.5 Å². The molecule has 4 rings (SSSR count). The fraction of sp³-hybridized carbons (Fsp3) is 0.524. The summed E-state index contributed by atoms with van der Waals surface area (Å²) >= 11 is 0. The van der Waals surface area contributed by atoms with Crippen LogP contribution in [-0.4, -0.2) is 53.4 Å². The molecule has 1 amide bonds. The maximum atomic E-state index is 12.8. The molecule has 0 saturated carbocycles. The van der Waals surface area contributed by atoms with Gasteiger partial charge in [-0.05, 0) is 69.0 Å². The van der Waals surface area contributed by atoms with E-state index in [0.717, 1.165) is 12.2 Å². The van der Waals surface area contributed by atoms with Crippen molar-refractivity contribution >= 4 is 5.91 Å². The van der Waals surface area contributed by atoms with E-state index in [9.17, 15) is 4.79 Å². The van der Waals surface area contributed by atoms with Crippen LogP contribution in [0.2, 0.25) is 0 Å². The Morgan fingerprint density at radius 1 is 1.26 bits per heavy atom. The van der Waals surface area contributed by atoms with Gasteiger partial charge in [0.2, 0.25) is 0 Å². The Hall–Kier alpha value is -2.34. The van der Waals surface area contributed by atoms with Gasteiger partial charge in [-0.25, -0.2) is 4.68 Å². The number of hydrogen-bond acceptors (Lipinski definition) is 4. The predicted octanol–water partition coefficient (Wildman–Crippen LogP) is 2.88. The molecule has 6 heteroatoms. The van der Waals surface area contributed by atoms with Gasteiger partial charge in [0.05, 0.1) is 7.11 Å². The second-order valence-electron chi connectivity index (χ2n) is 7.55. The van der Waals surface area contributed by atoms with Crippen LogP contribution < -0.4 is 10.1 Å². The van der Waals surface area contributed by atoms with Crippen LogP contribution in [0.3, 0.4) is 0 Å². The molecule has 2 fully saturated rings. The van der Waals surface area contributed by atoms with Gasteiger partial charge in [0.15, 0.2) is 0 Å². The third-order valence-corrected chi connectivity index (χ3v) is 5.95. The fourth-order valence-electron chi connectivity index (χ4n) is 4.56. The summed E-state index contributed by atoms with van der Waals surface area (Å²) in [7, 11) is 1.63. The zero-order valence-electron chi connectivity index (χ0n) is 15.9. The Morgan fingerprint density at radius 2 is 2.15 bits per heavy atom. The summed E-state index contributed by atoms with van der Waals surface area (Å²) < 4.78 is 7.14. The molecule has 0 aliphatic carbocycles. The minimum Gasteiger partial charge on any atom is -0.494 e. The van der Waals surface area contributed by atoms with Crippen LogP contribution in [-0.2, 0) is 0 Å². The van der Waals surface area contributed by atoms with Crippen molar-refractivity contribution in [3.63, 3.8) is 0 Å². The van der Waals surface area contributed by atoms with Crippen molar-refractivity contribution in [3.8, 4) is 11.4 Å². The standard InChI is InChI=1S/C21H28N4O2/c1-27-20-9-8-16(14-19(20)25-13-5-10-23-25)21(26)22-15-17-6-4-12-24-11-3-2-7-18(17)24/h5,8-10,13-14,17-18H,2-4,6-7,11-12,15H2,1H3,(H,22,26)/t17-,18-/m1/s1. The highest BCUT2D eigenvalue weighted by Gasteiger charge is 2.33. The van der Waals surface area contributed by atoms with Crippen molar-refractivity contribution in [2.45, 2.75) is 38.1 Å². The van der Waals surface area contributed by atoms with Crippen LogP contribution in [0.25, 0.3) is 5.69 Å². The number of rotatable bonds is 5. The first-order valence-electron chi connectivity index (χ1n) is 9.96. The average molecular weight is 368 g/mol. The molecular weight excluding hydrogens is 340 g/mol. The SMILES string of the molecule is COc1ccc(C(=O)NC[C@H]2CCCN3CCCC[C@H]23)cc1-n1cccn1. The number of fused-ring (bicyclic) bond motifs is 1. The number of aromatic nitrogens is 2. The van der Waals surface area contributed by atoms with Gasteiger partial charge in [0, 0.05) is 30.5 Å². The largest absolute Gasteiger partial charge is 0.494 e. The molecule has 2 aromatic rings. The van der Waals surface area contributed by atoms with Gasteiger partial charge in [-0.2, -0.15) is 5.10 Å². The van der Waals surface area contributed by atoms with Crippen LogP contribution in [0.4, 0.5) is 0 Å². The molecule has 0 bridgehead atoms. The van der Waals surface area contributed by atoms with Crippen molar-refractivity contribution in [2.75, 3.05) is 26.7 Å². The highest BCUT2D eigenvalue weighted by Crippen LogP contribution is 2.30. The second kappa shape index (κ2) is 8.13. The van der Waals surface area contributed by atoms with Gasteiger partial charge in [0.1, 0.15) is 11.4 Å².